The van der Waals surface area contributed by atoms with Gasteiger partial charge in [0.2, 0.25) is 0 Å². The van der Waals surface area contributed by atoms with E-state index in [-0.39, 0.29) is 17.5 Å². The number of alkyl halides is 3. The van der Waals surface area contributed by atoms with Gasteiger partial charge < -0.3 is 15.4 Å². The summed E-state index contributed by atoms with van der Waals surface area (Å²) in [6.45, 7) is 2.76. The Morgan fingerprint density at radius 3 is 2.84 bits per heavy atom. The molecule has 2 aliphatic rings. The summed E-state index contributed by atoms with van der Waals surface area (Å²) in [7, 11) is 0. The molecule has 2 N–H and O–H groups in total. The van der Waals surface area contributed by atoms with Crippen LogP contribution in [0.5, 0.6) is 0 Å². The largest absolute Gasteiger partial charge is 0.441 e. The normalized spacial score (nSPS) is 32.7. The van der Waals surface area contributed by atoms with E-state index in [1.807, 2.05) is 0 Å². The number of hydrogen-bond donors (Lipinski definition) is 2. The van der Waals surface area contributed by atoms with Gasteiger partial charge in [-0.3, -0.25) is 0 Å². The summed E-state index contributed by atoms with van der Waals surface area (Å²) < 4.78 is 41.6. The number of rotatable bonds is 5. The van der Waals surface area contributed by atoms with Crippen LogP contribution in [0.4, 0.5) is 13.2 Å². The van der Waals surface area contributed by atoms with Crippen LogP contribution in [0.2, 0.25) is 0 Å². The molecule has 112 valence electrons. The van der Waals surface area contributed by atoms with Crippen molar-refractivity contribution in [3.8, 4) is 0 Å². The molecule has 0 spiro atoms. The summed E-state index contributed by atoms with van der Waals surface area (Å²) in [6.07, 6.45) is 3.33. The third-order valence-electron chi connectivity index (χ3n) is 3.81. The average Bonchev–Trinajstić information content (AvgIpc) is 2.83. The van der Waals surface area contributed by atoms with Gasteiger partial charge >= 0.3 is 5.51 Å². The molecule has 2 rings (SSSR count). The number of nitrogens with one attached hydrogen (secondary N) is 2. The molecular formula is C12H21F3N2OS. The minimum absolute atomic E-state index is 0.0509. The Morgan fingerprint density at radius 2 is 2.16 bits per heavy atom. The van der Waals surface area contributed by atoms with Crippen LogP contribution in [0.1, 0.15) is 19.3 Å². The Morgan fingerprint density at radius 1 is 1.32 bits per heavy atom. The highest BCUT2D eigenvalue weighted by molar-refractivity contribution is 8.00. The summed E-state index contributed by atoms with van der Waals surface area (Å²) in [4.78, 5) is 0. The standard InChI is InChI=1S/C12H21F3N2OS/c13-12(14,15)19-7-5-17-10-3-1-2-9(10)11-8-18-6-4-16-11/h9-11,16-17H,1-8H2. The Bertz CT molecular complexity index is 272. The number of hydrogen-bond acceptors (Lipinski definition) is 4. The molecule has 3 unspecified atom stereocenters. The van der Waals surface area contributed by atoms with Crippen LogP contribution in [0.25, 0.3) is 0 Å². The first-order valence-electron chi connectivity index (χ1n) is 6.81. The Kier molecular flexibility index (Phi) is 5.80. The van der Waals surface area contributed by atoms with Crippen LogP contribution in [0.3, 0.4) is 0 Å². The molecule has 1 aliphatic carbocycles. The second-order valence-corrected chi connectivity index (χ2v) is 6.24. The molecule has 1 heterocycles. The predicted molar refractivity (Wildman–Crippen MR) is 70.3 cm³/mol. The van der Waals surface area contributed by atoms with E-state index in [1.54, 1.807) is 0 Å². The number of morpholine rings is 1. The maximum Gasteiger partial charge on any atom is 0.441 e. The molecule has 0 aromatic heterocycles. The van der Waals surface area contributed by atoms with Gasteiger partial charge in [0.25, 0.3) is 0 Å². The molecule has 0 aromatic carbocycles. The molecule has 2 fully saturated rings. The van der Waals surface area contributed by atoms with E-state index in [9.17, 15) is 13.2 Å². The Hall–Kier alpha value is 0.0200. The lowest BCUT2D eigenvalue weighted by atomic mass is 9.94. The van der Waals surface area contributed by atoms with E-state index in [1.165, 1.54) is 0 Å². The minimum atomic E-state index is -4.12. The summed E-state index contributed by atoms with van der Waals surface area (Å²) in [5.74, 6) is 0.567. The lowest BCUT2D eigenvalue weighted by molar-refractivity contribution is -0.0327. The van der Waals surface area contributed by atoms with Crippen molar-refractivity contribution in [1.82, 2.24) is 10.6 Å². The van der Waals surface area contributed by atoms with E-state index in [4.69, 9.17) is 4.74 Å². The van der Waals surface area contributed by atoms with E-state index < -0.39 is 5.51 Å². The lowest BCUT2D eigenvalue weighted by Gasteiger charge is -2.33. The van der Waals surface area contributed by atoms with Crippen molar-refractivity contribution in [1.29, 1.82) is 0 Å². The molecule has 1 aliphatic heterocycles. The van der Waals surface area contributed by atoms with Crippen molar-refractivity contribution < 1.29 is 17.9 Å². The molecule has 19 heavy (non-hydrogen) atoms. The third-order valence-corrected chi connectivity index (χ3v) is 4.55. The van der Waals surface area contributed by atoms with Crippen molar-refractivity contribution in [2.45, 2.75) is 36.9 Å². The van der Waals surface area contributed by atoms with Gasteiger partial charge in [0.15, 0.2) is 0 Å². The highest BCUT2D eigenvalue weighted by Gasteiger charge is 2.34. The molecule has 0 amide bonds. The molecule has 7 heteroatoms. The molecule has 1 saturated carbocycles. The Balaban J connectivity index is 1.69. The van der Waals surface area contributed by atoms with Crippen molar-refractivity contribution in [2.24, 2.45) is 5.92 Å². The molecule has 1 saturated heterocycles. The van der Waals surface area contributed by atoms with Crippen molar-refractivity contribution in [2.75, 3.05) is 32.1 Å². The number of halogens is 3. The monoisotopic (exact) mass is 298 g/mol. The van der Waals surface area contributed by atoms with Crippen molar-refractivity contribution in [3.05, 3.63) is 0 Å². The SMILES string of the molecule is FC(F)(F)SCCNC1CCCC1C1COCCN1. The van der Waals surface area contributed by atoms with Crippen molar-refractivity contribution in [3.63, 3.8) is 0 Å². The molecule has 3 nitrogen and oxygen atoms in total. The van der Waals surface area contributed by atoms with E-state index >= 15 is 0 Å². The highest BCUT2D eigenvalue weighted by Crippen LogP contribution is 2.31. The summed E-state index contributed by atoms with van der Waals surface area (Å²) in [6, 6.07) is 0.678. The van der Waals surface area contributed by atoms with Gasteiger partial charge in [-0.2, -0.15) is 13.2 Å². The van der Waals surface area contributed by atoms with E-state index in [0.29, 0.717) is 24.5 Å². The maximum absolute atomic E-state index is 12.0. The van der Waals surface area contributed by atoms with Gasteiger partial charge in [0.1, 0.15) is 0 Å². The van der Waals surface area contributed by atoms with Gasteiger partial charge in [-0.25, -0.2) is 0 Å². The van der Waals surface area contributed by atoms with E-state index in [0.717, 1.165) is 39.0 Å². The first-order chi connectivity index (χ1) is 9.06. The lowest BCUT2D eigenvalue weighted by Crippen LogP contribution is -2.51. The second kappa shape index (κ2) is 7.15. The fraction of sp³-hybridized carbons (Fsp3) is 1.00. The summed E-state index contributed by atoms with van der Waals surface area (Å²) >= 11 is 0.0509. The molecule has 3 atom stereocenters. The van der Waals surface area contributed by atoms with Gasteiger partial charge in [-0.1, -0.05) is 6.42 Å². The smallest absolute Gasteiger partial charge is 0.379 e. The van der Waals surface area contributed by atoms with Gasteiger partial charge in [-0.15, -0.1) is 0 Å². The zero-order valence-electron chi connectivity index (χ0n) is 10.8. The Labute approximate surface area is 116 Å². The fourth-order valence-electron chi connectivity index (χ4n) is 3.00. The fourth-order valence-corrected chi connectivity index (χ4v) is 3.45. The van der Waals surface area contributed by atoms with Crippen LogP contribution in [0.15, 0.2) is 0 Å². The third kappa shape index (κ3) is 5.13. The van der Waals surface area contributed by atoms with Crippen molar-refractivity contribution >= 4 is 11.8 Å². The summed E-state index contributed by atoms with van der Waals surface area (Å²) in [5, 5.41) is 6.74. The molecule has 0 radical (unpaired) electrons. The van der Waals surface area contributed by atoms with Crippen LogP contribution < -0.4 is 10.6 Å². The molecule has 0 aromatic rings. The molecule has 0 bridgehead atoms. The molecular weight excluding hydrogens is 277 g/mol. The average molecular weight is 298 g/mol. The minimum Gasteiger partial charge on any atom is -0.379 e. The van der Waals surface area contributed by atoms with Crippen LogP contribution in [-0.2, 0) is 4.74 Å². The predicted octanol–water partition coefficient (Wildman–Crippen LogP) is 1.99. The number of ether oxygens (including phenoxy) is 1. The number of thioether (sulfide) groups is 1. The van der Waals surface area contributed by atoms with E-state index in [2.05, 4.69) is 10.6 Å². The first kappa shape index (κ1) is 15.4. The zero-order chi connectivity index (χ0) is 13.7. The first-order valence-corrected chi connectivity index (χ1v) is 7.80. The zero-order valence-corrected chi connectivity index (χ0v) is 11.7. The van der Waals surface area contributed by atoms with Gasteiger partial charge in [0.05, 0.1) is 13.2 Å². The second-order valence-electron chi connectivity index (χ2n) is 5.09. The quantitative estimate of drug-likeness (QED) is 0.761. The van der Waals surface area contributed by atoms with Gasteiger partial charge in [0, 0.05) is 30.9 Å². The van der Waals surface area contributed by atoms with Crippen LogP contribution in [0, 0.1) is 5.92 Å². The summed E-state index contributed by atoms with van der Waals surface area (Å²) in [5.41, 5.74) is -4.12. The van der Waals surface area contributed by atoms with Crippen LogP contribution in [-0.4, -0.2) is 49.6 Å². The van der Waals surface area contributed by atoms with Crippen LogP contribution >= 0.6 is 11.8 Å². The van der Waals surface area contributed by atoms with Gasteiger partial charge in [-0.05, 0) is 30.5 Å². The topological polar surface area (TPSA) is 33.3 Å². The highest BCUT2D eigenvalue weighted by atomic mass is 32.2. The maximum atomic E-state index is 12.0.